The predicted octanol–water partition coefficient (Wildman–Crippen LogP) is 1.92. The molecule has 2 atom stereocenters. The number of ether oxygens (including phenoxy) is 1. The van der Waals surface area contributed by atoms with E-state index in [1.807, 2.05) is 30.3 Å². The standard InChI is InChI=1S/C14H21NO3/c1-18-14(17)13(11-7-3-2-4-8-11)12(15)9-5-6-10-16/h2-4,7-8,13-17H,5-6,9-10H2,1H3. The molecule has 0 saturated heterocycles. The Balaban J connectivity index is 2.76. The van der Waals surface area contributed by atoms with Gasteiger partial charge in [-0.3, -0.25) is 0 Å². The van der Waals surface area contributed by atoms with Crippen LogP contribution in [0.5, 0.6) is 0 Å². The number of aliphatic hydroxyl groups is 2. The molecule has 0 aliphatic heterocycles. The van der Waals surface area contributed by atoms with Gasteiger partial charge in [-0.05, 0) is 24.8 Å². The number of aliphatic hydroxyl groups excluding tert-OH is 2. The molecule has 3 N–H and O–H groups in total. The van der Waals surface area contributed by atoms with Crippen molar-refractivity contribution in [1.29, 1.82) is 5.41 Å². The van der Waals surface area contributed by atoms with Crippen LogP contribution in [0.25, 0.3) is 0 Å². The van der Waals surface area contributed by atoms with Crippen molar-refractivity contribution in [3.05, 3.63) is 35.9 Å². The SMILES string of the molecule is COC(O)C(C(=N)CCCCO)c1ccccc1. The lowest BCUT2D eigenvalue weighted by atomic mass is 9.90. The highest BCUT2D eigenvalue weighted by Gasteiger charge is 2.24. The van der Waals surface area contributed by atoms with Crippen LogP contribution in [0.2, 0.25) is 0 Å². The van der Waals surface area contributed by atoms with Crippen LogP contribution in [0, 0.1) is 5.41 Å². The quantitative estimate of drug-likeness (QED) is 0.375. The zero-order chi connectivity index (χ0) is 13.4. The van der Waals surface area contributed by atoms with Crippen LogP contribution in [0.1, 0.15) is 30.7 Å². The Morgan fingerprint density at radius 3 is 2.50 bits per heavy atom. The maximum atomic E-state index is 9.89. The van der Waals surface area contributed by atoms with Crippen molar-refractivity contribution in [3.8, 4) is 0 Å². The Hall–Kier alpha value is -1.23. The third-order valence-corrected chi connectivity index (χ3v) is 2.91. The maximum Gasteiger partial charge on any atom is 0.166 e. The number of methoxy groups -OCH3 is 1. The second-order valence-electron chi connectivity index (χ2n) is 4.22. The molecule has 0 aliphatic carbocycles. The number of unbranched alkanes of at least 4 members (excludes halogenated alkanes) is 1. The number of benzene rings is 1. The Morgan fingerprint density at radius 2 is 1.94 bits per heavy atom. The highest BCUT2D eigenvalue weighted by molar-refractivity contribution is 5.88. The molecule has 0 radical (unpaired) electrons. The Bertz CT molecular complexity index is 353. The van der Waals surface area contributed by atoms with Crippen molar-refractivity contribution in [3.63, 3.8) is 0 Å². The molecule has 4 nitrogen and oxygen atoms in total. The first-order chi connectivity index (χ1) is 8.70. The molecule has 1 aromatic rings. The van der Waals surface area contributed by atoms with Crippen molar-refractivity contribution in [2.24, 2.45) is 0 Å². The fourth-order valence-corrected chi connectivity index (χ4v) is 1.92. The van der Waals surface area contributed by atoms with E-state index in [1.54, 1.807) is 0 Å². The minimum atomic E-state index is -1.01. The summed E-state index contributed by atoms with van der Waals surface area (Å²) in [6.45, 7) is 0.135. The van der Waals surface area contributed by atoms with Gasteiger partial charge in [-0.1, -0.05) is 30.3 Å². The van der Waals surface area contributed by atoms with Crippen LogP contribution in [-0.2, 0) is 4.74 Å². The average Bonchev–Trinajstić information content (AvgIpc) is 2.40. The minimum Gasteiger partial charge on any atom is -0.396 e. The van der Waals surface area contributed by atoms with E-state index in [9.17, 15) is 5.11 Å². The summed E-state index contributed by atoms with van der Waals surface area (Å²) in [4.78, 5) is 0. The van der Waals surface area contributed by atoms with Gasteiger partial charge in [0.25, 0.3) is 0 Å². The third kappa shape index (κ3) is 4.22. The molecular formula is C14H21NO3. The summed E-state index contributed by atoms with van der Waals surface area (Å²) in [5, 5.41) is 26.7. The first kappa shape index (κ1) is 14.8. The van der Waals surface area contributed by atoms with Crippen molar-refractivity contribution in [1.82, 2.24) is 0 Å². The summed E-state index contributed by atoms with van der Waals surface area (Å²) < 4.78 is 4.96. The second-order valence-corrected chi connectivity index (χ2v) is 4.22. The molecule has 0 bridgehead atoms. The first-order valence-electron chi connectivity index (χ1n) is 6.14. The molecule has 0 aliphatic rings. The third-order valence-electron chi connectivity index (χ3n) is 2.91. The molecular weight excluding hydrogens is 230 g/mol. The summed E-state index contributed by atoms with van der Waals surface area (Å²) in [6, 6.07) is 9.42. The van der Waals surface area contributed by atoms with Crippen LogP contribution in [0.15, 0.2) is 30.3 Å². The van der Waals surface area contributed by atoms with E-state index in [0.717, 1.165) is 12.0 Å². The van der Waals surface area contributed by atoms with Gasteiger partial charge in [0.2, 0.25) is 0 Å². The number of rotatable bonds is 8. The highest BCUT2D eigenvalue weighted by Crippen LogP contribution is 2.23. The van der Waals surface area contributed by atoms with Gasteiger partial charge in [0.05, 0.1) is 5.92 Å². The highest BCUT2D eigenvalue weighted by atomic mass is 16.6. The molecule has 0 aromatic heterocycles. The van der Waals surface area contributed by atoms with Crippen LogP contribution in [0.4, 0.5) is 0 Å². The van der Waals surface area contributed by atoms with E-state index in [4.69, 9.17) is 15.3 Å². The van der Waals surface area contributed by atoms with Crippen LogP contribution < -0.4 is 0 Å². The van der Waals surface area contributed by atoms with Crippen molar-refractivity contribution < 1.29 is 14.9 Å². The predicted molar refractivity (Wildman–Crippen MR) is 70.9 cm³/mol. The molecule has 0 saturated carbocycles. The van der Waals surface area contributed by atoms with Crippen molar-refractivity contribution >= 4 is 5.71 Å². The van der Waals surface area contributed by atoms with Gasteiger partial charge in [-0.25, -0.2) is 0 Å². The van der Waals surface area contributed by atoms with Gasteiger partial charge in [-0.15, -0.1) is 0 Å². The number of hydrogen-bond donors (Lipinski definition) is 3. The molecule has 2 unspecified atom stereocenters. The van der Waals surface area contributed by atoms with Crippen LogP contribution in [-0.4, -0.2) is 35.9 Å². The van der Waals surface area contributed by atoms with Crippen molar-refractivity contribution in [2.45, 2.75) is 31.5 Å². The zero-order valence-corrected chi connectivity index (χ0v) is 10.7. The van der Waals surface area contributed by atoms with Gasteiger partial charge in [0, 0.05) is 19.4 Å². The Labute approximate surface area is 108 Å². The van der Waals surface area contributed by atoms with E-state index >= 15 is 0 Å². The largest absolute Gasteiger partial charge is 0.396 e. The molecule has 1 aromatic carbocycles. The first-order valence-corrected chi connectivity index (χ1v) is 6.14. The molecule has 0 heterocycles. The van der Waals surface area contributed by atoms with Gasteiger partial charge >= 0.3 is 0 Å². The normalized spacial score (nSPS) is 14.2. The summed E-state index contributed by atoms with van der Waals surface area (Å²) in [5.41, 5.74) is 1.31. The van der Waals surface area contributed by atoms with E-state index in [-0.39, 0.29) is 6.61 Å². The Kier molecular flexibility index (Phi) is 6.57. The molecule has 4 heteroatoms. The molecule has 0 fully saturated rings. The fourth-order valence-electron chi connectivity index (χ4n) is 1.92. The summed E-state index contributed by atoms with van der Waals surface area (Å²) in [5.74, 6) is -0.435. The number of hydrogen-bond acceptors (Lipinski definition) is 4. The van der Waals surface area contributed by atoms with E-state index in [2.05, 4.69) is 0 Å². The van der Waals surface area contributed by atoms with Crippen molar-refractivity contribution in [2.75, 3.05) is 13.7 Å². The fraction of sp³-hybridized carbons (Fsp3) is 0.500. The molecule has 18 heavy (non-hydrogen) atoms. The van der Waals surface area contributed by atoms with Gasteiger partial charge in [0.15, 0.2) is 6.29 Å². The number of nitrogens with one attached hydrogen (secondary N) is 1. The van der Waals surface area contributed by atoms with Crippen LogP contribution in [0.3, 0.4) is 0 Å². The topological polar surface area (TPSA) is 73.5 Å². The summed E-state index contributed by atoms with van der Waals surface area (Å²) >= 11 is 0. The lowest BCUT2D eigenvalue weighted by molar-refractivity contribution is -0.0788. The Morgan fingerprint density at radius 1 is 1.28 bits per heavy atom. The molecule has 0 amide bonds. The monoisotopic (exact) mass is 251 g/mol. The summed E-state index contributed by atoms with van der Waals surface area (Å²) in [6.07, 6.45) is 0.969. The molecule has 1 rings (SSSR count). The zero-order valence-electron chi connectivity index (χ0n) is 10.7. The van der Waals surface area contributed by atoms with Gasteiger partial charge in [0.1, 0.15) is 0 Å². The minimum absolute atomic E-state index is 0.135. The van der Waals surface area contributed by atoms with E-state index in [1.165, 1.54) is 7.11 Å². The smallest absolute Gasteiger partial charge is 0.166 e. The lowest BCUT2D eigenvalue weighted by Gasteiger charge is -2.23. The van der Waals surface area contributed by atoms with Crippen LogP contribution >= 0.6 is 0 Å². The second kappa shape index (κ2) is 7.97. The average molecular weight is 251 g/mol. The van der Waals surface area contributed by atoms with Gasteiger partial charge < -0.3 is 20.4 Å². The van der Waals surface area contributed by atoms with Gasteiger partial charge in [-0.2, -0.15) is 0 Å². The maximum absolute atomic E-state index is 9.89. The van der Waals surface area contributed by atoms with E-state index in [0.29, 0.717) is 18.6 Å². The summed E-state index contributed by atoms with van der Waals surface area (Å²) in [7, 11) is 1.43. The molecule has 0 spiro atoms. The molecule has 100 valence electrons. The lowest BCUT2D eigenvalue weighted by Crippen LogP contribution is -2.27. The van der Waals surface area contributed by atoms with E-state index < -0.39 is 12.2 Å².